The number of thiophene rings is 1. The Balaban J connectivity index is 1.53. The number of anilines is 1. The molecule has 1 aromatic carbocycles. The lowest BCUT2D eigenvalue weighted by molar-refractivity contribution is -0.113. The van der Waals surface area contributed by atoms with Crippen molar-refractivity contribution in [1.82, 2.24) is 14.8 Å². The van der Waals surface area contributed by atoms with E-state index in [0.29, 0.717) is 10.9 Å². The van der Waals surface area contributed by atoms with Gasteiger partial charge in [0.25, 0.3) is 0 Å². The zero-order chi connectivity index (χ0) is 18.5. The fraction of sp³-hybridized carbons (Fsp3) is 0.188. The Morgan fingerprint density at radius 2 is 2.12 bits per heavy atom. The van der Waals surface area contributed by atoms with E-state index >= 15 is 0 Å². The van der Waals surface area contributed by atoms with Gasteiger partial charge >= 0.3 is 0 Å². The molecule has 0 unspecified atom stereocenters. The molecule has 5 nitrogen and oxygen atoms in total. The zero-order valence-electron chi connectivity index (χ0n) is 13.6. The molecule has 136 valence electrons. The van der Waals surface area contributed by atoms with E-state index in [1.165, 1.54) is 22.0 Å². The van der Waals surface area contributed by atoms with Crippen LogP contribution in [0, 0.1) is 11.6 Å². The van der Waals surface area contributed by atoms with E-state index in [1.807, 2.05) is 29.1 Å². The van der Waals surface area contributed by atoms with Crippen molar-refractivity contribution < 1.29 is 13.6 Å². The molecule has 0 spiro atoms. The molecule has 0 saturated carbocycles. The molecule has 0 bridgehead atoms. The SMILES string of the molecule is Cn1c(CSc2cccs2)nnc1SCC(=O)Nc1ccc(F)cc1F. The molecular weight excluding hydrogens is 398 g/mol. The van der Waals surface area contributed by atoms with Gasteiger partial charge in [-0.2, -0.15) is 0 Å². The Morgan fingerprint density at radius 1 is 1.27 bits per heavy atom. The maximum Gasteiger partial charge on any atom is 0.234 e. The number of thioether (sulfide) groups is 2. The van der Waals surface area contributed by atoms with Gasteiger partial charge in [-0.05, 0) is 23.6 Å². The first kappa shape index (κ1) is 18.9. The Kier molecular flexibility index (Phi) is 6.28. The molecule has 0 aliphatic heterocycles. The van der Waals surface area contributed by atoms with E-state index in [4.69, 9.17) is 0 Å². The first-order chi connectivity index (χ1) is 12.5. The summed E-state index contributed by atoms with van der Waals surface area (Å²) in [4.78, 5) is 12.0. The number of amides is 1. The molecule has 3 rings (SSSR count). The summed E-state index contributed by atoms with van der Waals surface area (Å²) in [5.41, 5.74) is -0.0528. The van der Waals surface area contributed by atoms with E-state index in [-0.39, 0.29) is 11.4 Å². The summed E-state index contributed by atoms with van der Waals surface area (Å²) in [5.74, 6) is -0.385. The van der Waals surface area contributed by atoms with Crippen molar-refractivity contribution in [3.63, 3.8) is 0 Å². The van der Waals surface area contributed by atoms with E-state index in [9.17, 15) is 13.6 Å². The van der Waals surface area contributed by atoms with Gasteiger partial charge in [-0.15, -0.1) is 33.3 Å². The molecule has 26 heavy (non-hydrogen) atoms. The minimum atomic E-state index is -0.810. The molecule has 2 heterocycles. The zero-order valence-corrected chi connectivity index (χ0v) is 16.1. The third-order valence-electron chi connectivity index (χ3n) is 3.30. The second kappa shape index (κ2) is 8.65. The van der Waals surface area contributed by atoms with Crippen LogP contribution in [0.5, 0.6) is 0 Å². The summed E-state index contributed by atoms with van der Waals surface area (Å²) >= 11 is 4.54. The minimum absolute atomic E-state index is 0.0425. The van der Waals surface area contributed by atoms with Gasteiger partial charge in [0.05, 0.1) is 21.4 Å². The molecule has 1 N–H and O–H groups in total. The lowest BCUT2D eigenvalue weighted by Gasteiger charge is -2.06. The Hall–Kier alpha value is -1.91. The molecule has 0 aliphatic rings. The number of hydrogen-bond acceptors (Lipinski definition) is 6. The summed E-state index contributed by atoms with van der Waals surface area (Å²) in [6, 6.07) is 7.04. The van der Waals surface area contributed by atoms with Crippen LogP contribution >= 0.6 is 34.9 Å². The van der Waals surface area contributed by atoms with Crippen LogP contribution in [0.25, 0.3) is 0 Å². The van der Waals surface area contributed by atoms with Gasteiger partial charge in [-0.25, -0.2) is 8.78 Å². The summed E-state index contributed by atoms with van der Waals surface area (Å²) in [6.07, 6.45) is 0. The summed E-state index contributed by atoms with van der Waals surface area (Å²) in [5, 5.41) is 13.3. The largest absolute Gasteiger partial charge is 0.323 e. The number of nitrogens with one attached hydrogen (secondary N) is 1. The fourth-order valence-corrected chi connectivity index (χ4v) is 4.48. The summed E-state index contributed by atoms with van der Waals surface area (Å²) < 4.78 is 29.5. The number of aromatic nitrogens is 3. The topological polar surface area (TPSA) is 59.8 Å². The highest BCUT2D eigenvalue weighted by Crippen LogP contribution is 2.27. The third-order valence-corrected chi connectivity index (χ3v) is 6.45. The van der Waals surface area contributed by atoms with Crippen LogP contribution in [0.15, 0.2) is 45.1 Å². The number of rotatable bonds is 7. The van der Waals surface area contributed by atoms with Crippen LogP contribution in [0.2, 0.25) is 0 Å². The van der Waals surface area contributed by atoms with Crippen LogP contribution in [-0.4, -0.2) is 26.4 Å². The average molecular weight is 413 g/mol. The first-order valence-electron chi connectivity index (χ1n) is 7.45. The van der Waals surface area contributed by atoms with Gasteiger partial charge in [-0.3, -0.25) is 4.79 Å². The number of carbonyl (C=O) groups is 1. The molecule has 0 saturated heterocycles. The molecular formula is C16H14F2N4OS3. The van der Waals surface area contributed by atoms with Crippen LogP contribution in [0.1, 0.15) is 5.82 Å². The highest BCUT2D eigenvalue weighted by atomic mass is 32.2. The molecule has 3 aromatic rings. The predicted molar refractivity (Wildman–Crippen MR) is 101 cm³/mol. The standard InChI is InChI=1S/C16H14F2N4OS3/c1-22-13(8-25-15-3-2-6-24-15)20-21-16(22)26-9-14(23)19-12-5-4-10(17)7-11(12)18/h2-7H,8-9H2,1H3,(H,19,23). The van der Waals surface area contributed by atoms with Gasteiger partial charge in [0, 0.05) is 13.1 Å². The summed E-state index contributed by atoms with van der Waals surface area (Å²) in [7, 11) is 1.84. The Labute approximate surface area is 161 Å². The van der Waals surface area contributed by atoms with Crippen LogP contribution in [-0.2, 0) is 17.6 Å². The maximum absolute atomic E-state index is 13.6. The van der Waals surface area contributed by atoms with E-state index in [1.54, 1.807) is 23.1 Å². The number of carbonyl (C=O) groups excluding carboxylic acids is 1. The van der Waals surface area contributed by atoms with Gasteiger partial charge in [0.15, 0.2) is 5.16 Å². The molecule has 2 aromatic heterocycles. The quantitative estimate of drug-likeness (QED) is 0.590. The second-order valence-electron chi connectivity index (χ2n) is 5.14. The summed E-state index contributed by atoms with van der Waals surface area (Å²) in [6.45, 7) is 0. The smallest absolute Gasteiger partial charge is 0.234 e. The number of benzene rings is 1. The lowest BCUT2D eigenvalue weighted by atomic mass is 10.3. The monoisotopic (exact) mass is 412 g/mol. The van der Waals surface area contributed by atoms with Crippen molar-refractivity contribution in [1.29, 1.82) is 0 Å². The van der Waals surface area contributed by atoms with Crippen molar-refractivity contribution in [2.45, 2.75) is 15.1 Å². The van der Waals surface area contributed by atoms with Crippen LogP contribution in [0.4, 0.5) is 14.5 Å². The second-order valence-corrected chi connectivity index (χ2v) is 8.31. The Morgan fingerprint density at radius 3 is 2.85 bits per heavy atom. The van der Waals surface area contributed by atoms with Gasteiger partial charge < -0.3 is 9.88 Å². The van der Waals surface area contributed by atoms with Crippen molar-refractivity contribution in [3.8, 4) is 0 Å². The lowest BCUT2D eigenvalue weighted by Crippen LogP contribution is -2.15. The average Bonchev–Trinajstić information content (AvgIpc) is 3.24. The predicted octanol–water partition coefficient (Wildman–Crippen LogP) is 4.18. The number of halogens is 2. The van der Waals surface area contributed by atoms with E-state index in [0.717, 1.165) is 18.0 Å². The normalized spacial score (nSPS) is 10.9. The van der Waals surface area contributed by atoms with Crippen molar-refractivity contribution in [2.75, 3.05) is 11.1 Å². The fourth-order valence-electron chi connectivity index (χ4n) is 1.98. The molecule has 0 atom stereocenters. The van der Waals surface area contributed by atoms with Crippen molar-refractivity contribution in [3.05, 3.63) is 53.2 Å². The molecule has 0 radical (unpaired) electrons. The van der Waals surface area contributed by atoms with E-state index < -0.39 is 17.5 Å². The van der Waals surface area contributed by atoms with Crippen LogP contribution in [0.3, 0.4) is 0 Å². The molecule has 1 amide bonds. The van der Waals surface area contributed by atoms with Gasteiger partial charge in [0.2, 0.25) is 5.91 Å². The highest BCUT2D eigenvalue weighted by Gasteiger charge is 2.13. The molecule has 0 aliphatic carbocycles. The minimum Gasteiger partial charge on any atom is -0.323 e. The maximum atomic E-state index is 13.6. The highest BCUT2D eigenvalue weighted by molar-refractivity contribution is 8.00. The number of hydrogen-bond donors (Lipinski definition) is 1. The molecule has 10 heteroatoms. The third kappa shape index (κ3) is 4.83. The molecule has 0 fully saturated rings. The van der Waals surface area contributed by atoms with Crippen molar-refractivity contribution >= 4 is 46.5 Å². The van der Waals surface area contributed by atoms with Crippen molar-refractivity contribution in [2.24, 2.45) is 7.05 Å². The first-order valence-corrected chi connectivity index (χ1v) is 10.3. The van der Waals surface area contributed by atoms with Gasteiger partial charge in [-0.1, -0.05) is 17.8 Å². The number of nitrogens with zero attached hydrogens (tertiary/aromatic N) is 3. The van der Waals surface area contributed by atoms with Gasteiger partial charge in [0.1, 0.15) is 17.5 Å². The Bertz CT molecular complexity index is 899. The van der Waals surface area contributed by atoms with E-state index in [2.05, 4.69) is 15.5 Å². The van der Waals surface area contributed by atoms with Crippen LogP contribution < -0.4 is 5.32 Å².